The highest BCUT2D eigenvalue weighted by atomic mass is 16.4. The van der Waals surface area contributed by atoms with Crippen molar-refractivity contribution in [3.05, 3.63) is 0 Å². The third kappa shape index (κ3) is 3.21. The molecular weight excluding hydrogens is 214 g/mol. The van der Waals surface area contributed by atoms with E-state index in [-0.39, 0.29) is 17.3 Å². The molecule has 0 aromatic carbocycles. The minimum atomic E-state index is -0.708. The van der Waals surface area contributed by atoms with Crippen molar-refractivity contribution in [1.82, 2.24) is 0 Å². The van der Waals surface area contributed by atoms with Gasteiger partial charge in [0.1, 0.15) is 0 Å². The normalized spacial score (nSPS) is 33.9. The van der Waals surface area contributed by atoms with Crippen LogP contribution >= 0.6 is 0 Å². The van der Waals surface area contributed by atoms with Crippen LogP contribution in [0.1, 0.15) is 53.4 Å². The van der Waals surface area contributed by atoms with Gasteiger partial charge in [-0.3, -0.25) is 4.79 Å². The molecule has 0 spiro atoms. The van der Waals surface area contributed by atoms with E-state index in [0.717, 1.165) is 19.3 Å². The van der Waals surface area contributed by atoms with Gasteiger partial charge in [0.25, 0.3) is 0 Å². The van der Waals surface area contributed by atoms with Crippen LogP contribution in [0.3, 0.4) is 0 Å². The average Bonchev–Trinajstić information content (AvgIpc) is 2.56. The van der Waals surface area contributed by atoms with Gasteiger partial charge in [0.15, 0.2) is 0 Å². The molecule has 17 heavy (non-hydrogen) atoms. The molecule has 1 fully saturated rings. The van der Waals surface area contributed by atoms with Crippen molar-refractivity contribution in [1.29, 1.82) is 0 Å². The van der Waals surface area contributed by atoms with Crippen LogP contribution in [0.5, 0.6) is 0 Å². The third-order valence-corrected chi connectivity index (χ3v) is 4.51. The van der Waals surface area contributed by atoms with Crippen molar-refractivity contribution in [2.75, 3.05) is 6.54 Å². The minimum absolute atomic E-state index is 0.162. The Morgan fingerprint density at radius 1 is 1.41 bits per heavy atom. The third-order valence-electron chi connectivity index (χ3n) is 4.51. The predicted octanol–water partition coefficient (Wildman–Crippen LogP) is 2.89. The quantitative estimate of drug-likeness (QED) is 0.795. The van der Waals surface area contributed by atoms with E-state index in [4.69, 9.17) is 10.8 Å². The molecular formula is C14H27NO2. The molecule has 3 N–H and O–H groups in total. The second-order valence-electron chi connectivity index (χ2n) is 6.82. The zero-order chi connectivity index (χ0) is 13.3. The van der Waals surface area contributed by atoms with E-state index >= 15 is 0 Å². The summed E-state index contributed by atoms with van der Waals surface area (Å²) in [7, 11) is 0. The standard InChI is InChI=1S/C14H27NO2/c1-5-10-6-14(9-15,8-12(16)17)7-11(10)13(2,3)4/h10-11H,5-9,15H2,1-4H3,(H,16,17)/t10-,11+,14-/m1/s1. The van der Waals surface area contributed by atoms with Gasteiger partial charge in [0.05, 0.1) is 6.42 Å². The first kappa shape index (κ1) is 14.5. The maximum Gasteiger partial charge on any atom is 0.303 e. The van der Waals surface area contributed by atoms with Crippen molar-refractivity contribution in [3.8, 4) is 0 Å². The molecule has 0 heterocycles. The number of carbonyl (C=O) groups is 1. The van der Waals surface area contributed by atoms with Crippen molar-refractivity contribution >= 4 is 5.97 Å². The van der Waals surface area contributed by atoms with Crippen LogP contribution in [0.2, 0.25) is 0 Å². The molecule has 1 saturated carbocycles. The highest BCUT2D eigenvalue weighted by molar-refractivity contribution is 5.67. The number of hydrogen-bond acceptors (Lipinski definition) is 2. The summed E-state index contributed by atoms with van der Waals surface area (Å²) in [4.78, 5) is 11.0. The van der Waals surface area contributed by atoms with Gasteiger partial charge in [-0.05, 0) is 42.1 Å². The van der Waals surface area contributed by atoms with Gasteiger partial charge < -0.3 is 10.8 Å². The summed E-state index contributed by atoms with van der Waals surface area (Å²) in [5.41, 5.74) is 5.96. The first-order valence-corrected chi connectivity index (χ1v) is 6.66. The number of rotatable bonds is 4. The maximum absolute atomic E-state index is 11.0. The summed E-state index contributed by atoms with van der Waals surface area (Å²) in [5, 5.41) is 9.06. The van der Waals surface area contributed by atoms with Crippen LogP contribution < -0.4 is 5.73 Å². The molecule has 1 aliphatic carbocycles. The number of carboxylic acids is 1. The monoisotopic (exact) mass is 241 g/mol. The Kier molecular flexibility index (Phi) is 4.23. The largest absolute Gasteiger partial charge is 0.481 e. The SMILES string of the molecule is CC[C@@H]1C[C@](CN)(CC(=O)O)C[C@@H]1C(C)(C)C. The Bertz CT molecular complexity index is 282. The van der Waals surface area contributed by atoms with Gasteiger partial charge >= 0.3 is 5.97 Å². The summed E-state index contributed by atoms with van der Waals surface area (Å²) in [6, 6.07) is 0. The molecule has 3 nitrogen and oxygen atoms in total. The molecule has 100 valence electrons. The van der Waals surface area contributed by atoms with E-state index in [2.05, 4.69) is 27.7 Å². The Morgan fingerprint density at radius 3 is 2.29 bits per heavy atom. The molecule has 0 unspecified atom stereocenters. The predicted molar refractivity (Wildman–Crippen MR) is 69.7 cm³/mol. The number of aliphatic carboxylic acids is 1. The van der Waals surface area contributed by atoms with E-state index in [9.17, 15) is 4.79 Å². The van der Waals surface area contributed by atoms with Crippen LogP contribution in [-0.2, 0) is 4.79 Å². The molecule has 0 aromatic heterocycles. The van der Waals surface area contributed by atoms with E-state index < -0.39 is 5.97 Å². The maximum atomic E-state index is 11.0. The Labute approximate surface area is 105 Å². The second kappa shape index (κ2) is 4.97. The smallest absolute Gasteiger partial charge is 0.303 e. The van der Waals surface area contributed by atoms with Crippen LogP contribution in [-0.4, -0.2) is 17.6 Å². The highest BCUT2D eigenvalue weighted by Gasteiger charge is 2.48. The highest BCUT2D eigenvalue weighted by Crippen LogP contribution is 2.54. The molecule has 0 saturated heterocycles. The summed E-state index contributed by atoms with van der Waals surface area (Å²) in [6.45, 7) is 9.48. The lowest BCUT2D eigenvalue weighted by molar-refractivity contribution is -0.139. The number of carboxylic acid groups (broad SMARTS) is 1. The molecule has 0 bridgehead atoms. The molecule has 0 aromatic rings. The van der Waals surface area contributed by atoms with E-state index in [1.807, 2.05) is 0 Å². The summed E-state index contributed by atoms with van der Waals surface area (Å²) in [6.07, 6.45) is 3.31. The van der Waals surface area contributed by atoms with Crippen molar-refractivity contribution in [3.63, 3.8) is 0 Å². The second-order valence-corrected chi connectivity index (χ2v) is 6.82. The fourth-order valence-corrected chi connectivity index (χ4v) is 3.56. The average molecular weight is 241 g/mol. The van der Waals surface area contributed by atoms with Crippen molar-refractivity contribution in [2.45, 2.75) is 53.4 Å². The fourth-order valence-electron chi connectivity index (χ4n) is 3.56. The Balaban J connectivity index is 2.89. The van der Waals surface area contributed by atoms with Gasteiger partial charge in [-0.15, -0.1) is 0 Å². The van der Waals surface area contributed by atoms with Gasteiger partial charge in [-0.25, -0.2) is 0 Å². The van der Waals surface area contributed by atoms with Crippen molar-refractivity contribution in [2.24, 2.45) is 28.4 Å². The van der Waals surface area contributed by atoms with Crippen LogP contribution in [0, 0.1) is 22.7 Å². The first-order chi connectivity index (χ1) is 7.74. The lowest BCUT2D eigenvalue weighted by Gasteiger charge is -2.32. The Hall–Kier alpha value is -0.570. The van der Waals surface area contributed by atoms with Gasteiger partial charge in [-0.1, -0.05) is 34.1 Å². The molecule has 0 aliphatic heterocycles. The summed E-state index contributed by atoms with van der Waals surface area (Å²) >= 11 is 0. The number of hydrogen-bond donors (Lipinski definition) is 2. The van der Waals surface area contributed by atoms with Crippen molar-refractivity contribution < 1.29 is 9.90 Å². The van der Waals surface area contributed by atoms with E-state index in [1.165, 1.54) is 0 Å². The summed E-state index contributed by atoms with van der Waals surface area (Å²) in [5.74, 6) is 0.508. The molecule has 1 rings (SSSR count). The van der Waals surface area contributed by atoms with Gasteiger partial charge in [-0.2, -0.15) is 0 Å². The lowest BCUT2D eigenvalue weighted by Crippen LogP contribution is -2.31. The van der Waals surface area contributed by atoms with Gasteiger partial charge in [0, 0.05) is 0 Å². The number of nitrogens with two attached hydrogens (primary N) is 1. The molecule has 0 radical (unpaired) electrons. The first-order valence-electron chi connectivity index (χ1n) is 6.66. The Morgan fingerprint density at radius 2 is 2.00 bits per heavy atom. The lowest BCUT2D eigenvalue weighted by atomic mass is 9.73. The molecule has 0 amide bonds. The van der Waals surface area contributed by atoms with Crippen LogP contribution in [0.4, 0.5) is 0 Å². The van der Waals surface area contributed by atoms with E-state index in [0.29, 0.717) is 18.4 Å². The fraction of sp³-hybridized carbons (Fsp3) is 0.929. The molecule has 3 atom stereocenters. The minimum Gasteiger partial charge on any atom is -0.481 e. The van der Waals surface area contributed by atoms with Crippen LogP contribution in [0.25, 0.3) is 0 Å². The zero-order valence-electron chi connectivity index (χ0n) is 11.6. The zero-order valence-corrected chi connectivity index (χ0v) is 11.6. The molecule has 1 aliphatic rings. The summed E-state index contributed by atoms with van der Waals surface area (Å²) < 4.78 is 0. The van der Waals surface area contributed by atoms with Gasteiger partial charge in [0.2, 0.25) is 0 Å². The molecule has 3 heteroatoms. The van der Waals surface area contributed by atoms with Crippen LogP contribution in [0.15, 0.2) is 0 Å². The van der Waals surface area contributed by atoms with E-state index in [1.54, 1.807) is 0 Å². The topological polar surface area (TPSA) is 63.3 Å².